The van der Waals surface area contributed by atoms with Gasteiger partial charge in [0, 0.05) is 18.7 Å². The zero-order valence-corrected chi connectivity index (χ0v) is 17.5. The zero-order chi connectivity index (χ0) is 21.6. The number of amides is 1. The Labute approximate surface area is 170 Å². The molecule has 29 heavy (non-hydrogen) atoms. The molecule has 0 aliphatic heterocycles. The van der Waals surface area contributed by atoms with Gasteiger partial charge in [-0.15, -0.1) is 0 Å². The second-order valence-electron chi connectivity index (χ2n) is 6.59. The van der Waals surface area contributed by atoms with Gasteiger partial charge < -0.3 is 14.8 Å². The van der Waals surface area contributed by atoms with E-state index in [-0.39, 0.29) is 22.8 Å². The Balaban J connectivity index is 2.07. The highest BCUT2D eigenvalue weighted by molar-refractivity contribution is 7.89. The van der Waals surface area contributed by atoms with E-state index in [0.29, 0.717) is 5.56 Å². The van der Waals surface area contributed by atoms with Gasteiger partial charge in [-0.2, -0.15) is 0 Å². The topological polar surface area (TPSA) is 93.7 Å². The average Bonchev–Trinajstić information content (AvgIpc) is 2.67. The number of carbonyl (C=O) groups is 1. The molecule has 0 aliphatic rings. The van der Waals surface area contributed by atoms with E-state index in [1.165, 1.54) is 50.6 Å². The molecule has 158 valence electrons. The Morgan fingerprint density at radius 1 is 1.10 bits per heavy atom. The molecule has 2 aromatic carbocycles. The summed E-state index contributed by atoms with van der Waals surface area (Å²) in [5.41, 5.74) is 0.863. The molecule has 2 atom stereocenters. The number of nitrogens with one attached hydrogen (secondary N) is 2. The molecule has 1 amide bonds. The quantitative estimate of drug-likeness (QED) is 0.646. The molecule has 0 saturated heterocycles. The number of hydrogen-bond acceptors (Lipinski definition) is 5. The van der Waals surface area contributed by atoms with E-state index in [9.17, 15) is 17.6 Å². The van der Waals surface area contributed by atoms with Crippen molar-refractivity contribution in [3.05, 3.63) is 59.4 Å². The van der Waals surface area contributed by atoms with Gasteiger partial charge in [0.1, 0.15) is 0 Å². The van der Waals surface area contributed by atoms with E-state index in [1.807, 2.05) is 0 Å². The second kappa shape index (κ2) is 9.82. The van der Waals surface area contributed by atoms with Crippen LogP contribution in [0.3, 0.4) is 0 Å². The highest BCUT2D eigenvalue weighted by Crippen LogP contribution is 2.22. The molecule has 0 saturated carbocycles. The van der Waals surface area contributed by atoms with Gasteiger partial charge in [0.15, 0.2) is 11.6 Å². The third-order valence-corrected chi connectivity index (χ3v) is 5.83. The minimum atomic E-state index is -3.72. The van der Waals surface area contributed by atoms with Crippen molar-refractivity contribution in [2.24, 2.45) is 0 Å². The van der Waals surface area contributed by atoms with Crippen LogP contribution >= 0.6 is 0 Å². The normalized spacial score (nSPS) is 13.6. The van der Waals surface area contributed by atoms with Crippen LogP contribution in [0.5, 0.6) is 5.75 Å². The van der Waals surface area contributed by atoms with Crippen molar-refractivity contribution < 1.29 is 27.1 Å². The van der Waals surface area contributed by atoms with E-state index in [1.54, 1.807) is 19.9 Å². The third kappa shape index (κ3) is 5.99. The first-order chi connectivity index (χ1) is 13.7. The van der Waals surface area contributed by atoms with Crippen molar-refractivity contribution in [2.45, 2.75) is 30.8 Å². The van der Waals surface area contributed by atoms with Crippen LogP contribution in [0.4, 0.5) is 4.39 Å². The molecule has 9 heteroatoms. The molecule has 0 fully saturated rings. The molecule has 0 bridgehead atoms. The Morgan fingerprint density at radius 3 is 2.31 bits per heavy atom. The molecule has 2 aromatic rings. The van der Waals surface area contributed by atoms with Gasteiger partial charge >= 0.3 is 0 Å². The SMILES string of the molecule is COC[C@H](C)NS(=O)(=O)c1ccc(C(=O)N[C@H](C)c2ccc(OC)c(F)c2)cc1. The van der Waals surface area contributed by atoms with Gasteiger partial charge in [0.05, 0.1) is 24.7 Å². The first kappa shape index (κ1) is 22.8. The van der Waals surface area contributed by atoms with Gasteiger partial charge in [0.2, 0.25) is 10.0 Å². The molecule has 0 aliphatic carbocycles. The predicted octanol–water partition coefficient (Wildman–Crippen LogP) is 2.64. The summed E-state index contributed by atoms with van der Waals surface area (Å²) in [7, 11) is -0.855. The fourth-order valence-electron chi connectivity index (χ4n) is 2.72. The first-order valence-electron chi connectivity index (χ1n) is 8.93. The van der Waals surface area contributed by atoms with E-state index in [2.05, 4.69) is 10.0 Å². The number of ether oxygens (including phenoxy) is 2. The highest BCUT2D eigenvalue weighted by Gasteiger charge is 2.19. The summed E-state index contributed by atoms with van der Waals surface area (Å²) in [6.07, 6.45) is 0. The minimum absolute atomic E-state index is 0.0438. The lowest BCUT2D eigenvalue weighted by Gasteiger charge is -2.16. The molecule has 0 aromatic heterocycles. The number of carbonyl (C=O) groups excluding carboxylic acids is 1. The van der Waals surface area contributed by atoms with Crippen LogP contribution in [0.15, 0.2) is 47.4 Å². The number of rotatable bonds is 9. The predicted molar refractivity (Wildman–Crippen MR) is 107 cm³/mol. The summed E-state index contributed by atoms with van der Waals surface area (Å²) < 4.78 is 50.8. The van der Waals surface area contributed by atoms with Crippen LogP contribution in [-0.4, -0.2) is 41.2 Å². The number of halogens is 1. The molecule has 0 unspecified atom stereocenters. The van der Waals surface area contributed by atoms with Crippen molar-refractivity contribution in [2.75, 3.05) is 20.8 Å². The second-order valence-corrected chi connectivity index (χ2v) is 8.31. The molecule has 0 spiro atoms. The molecule has 0 heterocycles. The van der Waals surface area contributed by atoms with Gasteiger partial charge in [-0.25, -0.2) is 17.5 Å². The van der Waals surface area contributed by atoms with Crippen molar-refractivity contribution in [1.29, 1.82) is 0 Å². The van der Waals surface area contributed by atoms with Crippen LogP contribution in [0.1, 0.15) is 35.8 Å². The minimum Gasteiger partial charge on any atom is -0.494 e. The molecule has 0 radical (unpaired) electrons. The summed E-state index contributed by atoms with van der Waals surface area (Å²) in [6, 6.07) is 9.16. The lowest BCUT2D eigenvalue weighted by Crippen LogP contribution is -2.35. The van der Waals surface area contributed by atoms with E-state index in [0.717, 1.165) is 0 Å². The van der Waals surface area contributed by atoms with Crippen LogP contribution in [0.25, 0.3) is 0 Å². The molecule has 7 nitrogen and oxygen atoms in total. The largest absolute Gasteiger partial charge is 0.494 e. The number of methoxy groups -OCH3 is 2. The van der Waals surface area contributed by atoms with Crippen LogP contribution in [0, 0.1) is 5.82 Å². The van der Waals surface area contributed by atoms with Crippen molar-refractivity contribution in [3.8, 4) is 5.75 Å². The first-order valence-corrected chi connectivity index (χ1v) is 10.4. The van der Waals surface area contributed by atoms with Crippen molar-refractivity contribution in [1.82, 2.24) is 10.0 Å². The van der Waals surface area contributed by atoms with Crippen LogP contribution < -0.4 is 14.8 Å². The van der Waals surface area contributed by atoms with Gasteiger partial charge in [-0.05, 0) is 55.8 Å². The maximum absolute atomic E-state index is 13.9. The number of sulfonamides is 1. The summed E-state index contributed by atoms with van der Waals surface area (Å²) >= 11 is 0. The molecule has 2 rings (SSSR count). The van der Waals surface area contributed by atoms with E-state index < -0.39 is 33.8 Å². The molecule has 2 N–H and O–H groups in total. The standard InChI is InChI=1S/C20H25FN2O5S/c1-13(12-27-3)23-29(25,26)17-8-5-15(6-9-17)20(24)22-14(2)16-7-10-19(28-4)18(21)11-16/h5-11,13-14,23H,12H2,1-4H3,(H,22,24)/t13-,14+/m0/s1. The molecular formula is C20H25FN2O5S. The van der Waals surface area contributed by atoms with E-state index >= 15 is 0 Å². The number of hydrogen-bond donors (Lipinski definition) is 2. The van der Waals surface area contributed by atoms with Crippen LogP contribution in [0.2, 0.25) is 0 Å². The summed E-state index contributed by atoms with van der Waals surface area (Å²) in [4.78, 5) is 12.5. The Bertz CT molecular complexity index is 948. The smallest absolute Gasteiger partial charge is 0.251 e. The zero-order valence-electron chi connectivity index (χ0n) is 16.7. The number of benzene rings is 2. The fraction of sp³-hybridized carbons (Fsp3) is 0.350. The fourth-order valence-corrected chi connectivity index (χ4v) is 3.95. The van der Waals surface area contributed by atoms with Crippen molar-refractivity contribution >= 4 is 15.9 Å². The van der Waals surface area contributed by atoms with Gasteiger partial charge in [0.25, 0.3) is 5.91 Å². The van der Waals surface area contributed by atoms with Gasteiger partial charge in [-0.1, -0.05) is 6.07 Å². The molecular weight excluding hydrogens is 399 g/mol. The summed E-state index contributed by atoms with van der Waals surface area (Å²) in [5.74, 6) is -0.799. The lowest BCUT2D eigenvalue weighted by molar-refractivity contribution is 0.0939. The van der Waals surface area contributed by atoms with Gasteiger partial charge in [-0.3, -0.25) is 4.79 Å². The lowest BCUT2D eigenvalue weighted by atomic mass is 10.1. The monoisotopic (exact) mass is 424 g/mol. The van der Waals surface area contributed by atoms with E-state index in [4.69, 9.17) is 9.47 Å². The average molecular weight is 424 g/mol. The highest BCUT2D eigenvalue weighted by atomic mass is 32.2. The summed E-state index contributed by atoms with van der Waals surface area (Å²) in [5, 5.41) is 2.76. The van der Waals surface area contributed by atoms with Crippen LogP contribution in [-0.2, 0) is 14.8 Å². The maximum Gasteiger partial charge on any atom is 0.251 e. The third-order valence-electron chi connectivity index (χ3n) is 4.22. The Kier molecular flexibility index (Phi) is 7.72. The van der Waals surface area contributed by atoms with Crippen molar-refractivity contribution in [3.63, 3.8) is 0 Å². The summed E-state index contributed by atoms with van der Waals surface area (Å²) in [6.45, 7) is 3.65. The Morgan fingerprint density at radius 2 is 1.76 bits per heavy atom. The Hall–Kier alpha value is -2.49. The maximum atomic E-state index is 13.9.